The van der Waals surface area contributed by atoms with E-state index in [4.69, 9.17) is 9.47 Å². The molecule has 2 aromatic rings. The molecule has 2 saturated carbocycles. The van der Waals surface area contributed by atoms with E-state index >= 15 is 0 Å². The van der Waals surface area contributed by atoms with Crippen LogP contribution in [0.25, 0.3) is 0 Å². The van der Waals surface area contributed by atoms with Crippen molar-refractivity contribution in [1.82, 2.24) is 14.9 Å². The third-order valence-corrected chi connectivity index (χ3v) is 8.96. The van der Waals surface area contributed by atoms with Gasteiger partial charge in [-0.15, -0.1) is 6.58 Å². The normalized spacial score (nSPS) is 20.1. The first-order chi connectivity index (χ1) is 20.3. The summed E-state index contributed by atoms with van der Waals surface area (Å²) in [4.78, 5) is 40.8. The molecule has 2 aliphatic carbocycles. The summed E-state index contributed by atoms with van der Waals surface area (Å²) in [5.74, 6) is -1.43. The highest BCUT2D eigenvalue weighted by Gasteiger charge is 2.60. The molecule has 0 aromatic heterocycles. The molecule has 2 atom stereocenters. The van der Waals surface area contributed by atoms with E-state index in [1.807, 2.05) is 30.3 Å². The summed E-state index contributed by atoms with van der Waals surface area (Å²) in [5.41, 5.74) is -1.21. The summed E-state index contributed by atoms with van der Waals surface area (Å²) in [6.07, 6.45) is 4.86. The number of rotatable bonds is 12. The highest BCUT2D eigenvalue weighted by molar-refractivity contribution is 7.90. The number of ether oxygens (including phenoxy) is 2. The fourth-order valence-corrected chi connectivity index (χ4v) is 6.34. The molecule has 0 unspecified atom stereocenters. The zero-order chi connectivity index (χ0) is 31.3. The van der Waals surface area contributed by atoms with Gasteiger partial charge in [-0.1, -0.05) is 55.3 Å². The molecule has 10 nitrogen and oxygen atoms in total. The van der Waals surface area contributed by atoms with Gasteiger partial charge in [-0.25, -0.2) is 17.9 Å². The van der Waals surface area contributed by atoms with Gasteiger partial charge in [-0.05, 0) is 57.7 Å². The summed E-state index contributed by atoms with van der Waals surface area (Å²) in [7, 11) is -4.28. The van der Waals surface area contributed by atoms with Crippen molar-refractivity contribution >= 4 is 27.9 Å². The fourth-order valence-electron chi connectivity index (χ4n) is 5.27. The van der Waals surface area contributed by atoms with Gasteiger partial charge in [0.1, 0.15) is 23.5 Å². The van der Waals surface area contributed by atoms with E-state index in [-0.39, 0.29) is 36.9 Å². The zero-order valence-corrected chi connectivity index (χ0v) is 25.8. The Morgan fingerprint density at radius 3 is 2.40 bits per heavy atom. The summed E-state index contributed by atoms with van der Waals surface area (Å²) >= 11 is 0. The standard InChI is InChI=1S/C32H41N3O7S/c1-5-24-21-32(24,33-28(36)18-19-35(25-14-9-10-15-25)30(38)42-31(2,3)4)29(37)34-43(39,40)27-17-11-16-26(20-27)41-22-23-12-7-6-8-13-23/h5-8,11-13,16-17,20,24-25H,1,9-10,14-15,18-19,21-22H2,2-4H3,(H,33,36)(H,34,37)/t24-,32-/m1/s1. The highest BCUT2D eigenvalue weighted by atomic mass is 32.2. The van der Waals surface area contributed by atoms with E-state index in [9.17, 15) is 22.8 Å². The molecular weight excluding hydrogens is 570 g/mol. The van der Waals surface area contributed by atoms with E-state index in [2.05, 4.69) is 16.6 Å². The second-order valence-electron chi connectivity index (χ2n) is 12.1. The topological polar surface area (TPSA) is 131 Å². The predicted molar refractivity (Wildman–Crippen MR) is 162 cm³/mol. The van der Waals surface area contributed by atoms with Gasteiger partial charge in [-0.3, -0.25) is 9.59 Å². The molecule has 2 fully saturated rings. The molecule has 43 heavy (non-hydrogen) atoms. The largest absolute Gasteiger partial charge is 0.489 e. The number of nitrogens with one attached hydrogen (secondary N) is 2. The molecule has 11 heteroatoms. The monoisotopic (exact) mass is 611 g/mol. The number of carbonyl (C=O) groups excluding carboxylic acids is 3. The molecule has 2 aromatic carbocycles. The van der Waals surface area contributed by atoms with Crippen LogP contribution in [0.4, 0.5) is 4.79 Å². The molecular formula is C32H41N3O7S. The van der Waals surface area contributed by atoms with E-state index in [0.717, 1.165) is 31.2 Å². The molecule has 4 rings (SSSR count). The minimum atomic E-state index is -4.28. The second kappa shape index (κ2) is 13.2. The lowest BCUT2D eigenvalue weighted by atomic mass is 10.1. The van der Waals surface area contributed by atoms with Crippen molar-refractivity contribution in [3.8, 4) is 5.75 Å². The smallest absolute Gasteiger partial charge is 0.410 e. The third kappa shape index (κ3) is 8.37. The van der Waals surface area contributed by atoms with Crippen molar-refractivity contribution in [3.05, 3.63) is 72.8 Å². The number of hydrogen-bond donors (Lipinski definition) is 2. The van der Waals surface area contributed by atoms with E-state index < -0.39 is 45.0 Å². The van der Waals surface area contributed by atoms with Gasteiger partial charge in [0.15, 0.2) is 0 Å². The van der Waals surface area contributed by atoms with Gasteiger partial charge >= 0.3 is 6.09 Å². The zero-order valence-electron chi connectivity index (χ0n) is 25.0. The van der Waals surface area contributed by atoms with Crippen molar-refractivity contribution in [2.24, 2.45) is 5.92 Å². The highest BCUT2D eigenvalue weighted by Crippen LogP contribution is 2.45. The SMILES string of the molecule is C=C[C@@H]1C[C@]1(NC(=O)CCN(C(=O)OC(C)(C)C)C1CCCC1)C(=O)NS(=O)(=O)c1cccc(OCc2ccccc2)c1. The Bertz CT molecular complexity index is 1430. The van der Waals surface area contributed by atoms with Crippen molar-refractivity contribution in [1.29, 1.82) is 0 Å². The van der Waals surface area contributed by atoms with Crippen LogP contribution in [0.2, 0.25) is 0 Å². The molecule has 0 aliphatic heterocycles. The van der Waals surface area contributed by atoms with Crippen LogP contribution in [-0.4, -0.2) is 55.0 Å². The van der Waals surface area contributed by atoms with Gasteiger partial charge in [0.2, 0.25) is 5.91 Å². The van der Waals surface area contributed by atoms with Gasteiger partial charge in [-0.2, -0.15) is 0 Å². The molecule has 3 amide bonds. The van der Waals surface area contributed by atoms with Crippen LogP contribution < -0.4 is 14.8 Å². The summed E-state index contributed by atoms with van der Waals surface area (Å²) in [5, 5.41) is 2.74. The predicted octanol–water partition coefficient (Wildman–Crippen LogP) is 4.70. The number of hydrogen-bond acceptors (Lipinski definition) is 7. The lowest BCUT2D eigenvalue weighted by molar-refractivity contribution is -0.129. The molecule has 0 saturated heterocycles. The molecule has 0 radical (unpaired) electrons. The molecule has 232 valence electrons. The summed E-state index contributed by atoms with van der Waals surface area (Å²) in [6.45, 7) is 9.47. The van der Waals surface area contributed by atoms with Crippen LogP contribution in [0.3, 0.4) is 0 Å². The molecule has 0 heterocycles. The Morgan fingerprint density at radius 2 is 1.77 bits per heavy atom. The Balaban J connectivity index is 1.39. The fraction of sp³-hybridized carbons (Fsp3) is 0.469. The number of nitrogens with zero attached hydrogens (tertiary/aromatic N) is 1. The van der Waals surface area contributed by atoms with Gasteiger partial charge in [0.25, 0.3) is 15.9 Å². The van der Waals surface area contributed by atoms with E-state index in [0.29, 0.717) is 5.75 Å². The average Bonchev–Trinajstić information content (AvgIpc) is 3.40. The first-order valence-electron chi connectivity index (χ1n) is 14.6. The van der Waals surface area contributed by atoms with Crippen LogP contribution in [0.1, 0.15) is 64.9 Å². The van der Waals surface area contributed by atoms with Gasteiger partial charge < -0.3 is 19.7 Å². The maximum absolute atomic E-state index is 13.4. The number of sulfonamides is 1. The van der Waals surface area contributed by atoms with E-state index in [1.165, 1.54) is 24.3 Å². The Hall–Kier alpha value is -3.86. The van der Waals surface area contributed by atoms with Crippen LogP contribution >= 0.6 is 0 Å². The van der Waals surface area contributed by atoms with E-state index in [1.54, 1.807) is 31.7 Å². The molecule has 0 spiro atoms. The number of benzene rings is 2. The van der Waals surface area contributed by atoms with Crippen molar-refractivity contribution in [2.45, 2.75) is 88.0 Å². The first kappa shape index (κ1) is 32.1. The molecule has 2 aliphatic rings. The lowest BCUT2D eigenvalue weighted by Crippen LogP contribution is -2.52. The second-order valence-corrected chi connectivity index (χ2v) is 13.8. The summed E-state index contributed by atoms with van der Waals surface area (Å²) < 4.78 is 39.8. The minimum Gasteiger partial charge on any atom is -0.489 e. The lowest BCUT2D eigenvalue weighted by Gasteiger charge is -2.31. The Morgan fingerprint density at radius 1 is 1.07 bits per heavy atom. The first-order valence-corrected chi connectivity index (χ1v) is 16.1. The Labute approximate surface area is 253 Å². The Kier molecular flexibility index (Phi) is 9.84. The third-order valence-electron chi connectivity index (χ3n) is 7.63. The number of carbonyl (C=O) groups is 3. The van der Waals surface area contributed by atoms with Gasteiger partial charge in [0.05, 0.1) is 4.90 Å². The number of amides is 3. The molecule has 2 N–H and O–H groups in total. The molecule has 0 bridgehead atoms. The van der Waals surface area contributed by atoms with Gasteiger partial charge in [0, 0.05) is 31.0 Å². The van der Waals surface area contributed by atoms with Crippen molar-refractivity contribution in [2.75, 3.05) is 6.54 Å². The van der Waals surface area contributed by atoms with Crippen molar-refractivity contribution < 1.29 is 32.3 Å². The van der Waals surface area contributed by atoms with Crippen LogP contribution in [0, 0.1) is 5.92 Å². The quantitative estimate of drug-likeness (QED) is 0.333. The average molecular weight is 612 g/mol. The maximum atomic E-state index is 13.4. The van der Waals surface area contributed by atoms with Crippen LogP contribution in [-0.2, 0) is 31.0 Å². The maximum Gasteiger partial charge on any atom is 0.410 e. The van der Waals surface area contributed by atoms with Crippen LogP contribution in [0.5, 0.6) is 5.75 Å². The van der Waals surface area contributed by atoms with Crippen LogP contribution in [0.15, 0.2) is 72.1 Å². The summed E-state index contributed by atoms with van der Waals surface area (Å²) in [6, 6.07) is 15.3. The minimum absolute atomic E-state index is 0.0145. The van der Waals surface area contributed by atoms with Crippen molar-refractivity contribution in [3.63, 3.8) is 0 Å².